The molecule has 0 saturated carbocycles. The lowest BCUT2D eigenvalue weighted by Crippen LogP contribution is -2.16. The predicted octanol–water partition coefficient (Wildman–Crippen LogP) is 6.64. The van der Waals surface area contributed by atoms with Crippen LogP contribution in [0.15, 0.2) is 65.1 Å². The van der Waals surface area contributed by atoms with E-state index in [0.717, 1.165) is 12.5 Å². The Kier molecular flexibility index (Phi) is 6.50. The van der Waals surface area contributed by atoms with Crippen molar-refractivity contribution < 1.29 is 27.1 Å². The molecule has 1 unspecified atom stereocenters. The molecule has 7 heteroatoms. The Labute approximate surface area is 172 Å². The number of amides is 1. The van der Waals surface area contributed by atoms with E-state index in [0.29, 0.717) is 17.4 Å². The van der Waals surface area contributed by atoms with E-state index in [9.17, 15) is 18.0 Å². The number of hydrogen-bond donors (Lipinski definition) is 1. The minimum absolute atomic E-state index is 0.0924. The Hall–Kier alpha value is -3.22. The second kappa shape index (κ2) is 9.07. The summed E-state index contributed by atoms with van der Waals surface area (Å²) in [7, 11) is 0. The van der Waals surface area contributed by atoms with Gasteiger partial charge in [0.2, 0.25) is 0 Å². The average molecular weight is 417 g/mol. The van der Waals surface area contributed by atoms with Gasteiger partial charge in [0.15, 0.2) is 5.76 Å². The van der Waals surface area contributed by atoms with Crippen molar-refractivity contribution in [3.63, 3.8) is 0 Å². The van der Waals surface area contributed by atoms with Crippen molar-refractivity contribution in [3.05, 3.63) is 83.3 Å². The summed E-state index contributed by atoms with van der Waals surface area (Å²) in [5.41, 5.74) is -0.0270. The molecule has 0 spiro atoms. The zero-order valence-corrected chi connectivity index (χ0v) is 16.6. The van der Waals surface area contributed by atoms with Gasteiger partial charge in [-0.3, -0.25) is 4.79 Å². The molecule has 4 nitrogen and oxygen atoms in total. The Morgan fingerprint density at radius 1 is 1.07 bits per heavy atom. The number of rotatable bonds is 7. The summed E-state index contributed by atoms with van der Waals surface area (Å²) in [5.74, 6) is 0.639. The maximum Gasteiger partial charge on any atom is 0.418 e. The molecule has 1 amide bonds. The Morgan fingerprint density at radius 2 is 1.77 bits per heavy atom. The van der Waals surface area contributed by atoms with E-state index in [1.165, 1.54) is 29.8 Å². The largest absolute Gasteiger partial charge is 0.486 e. The molecule has 1 N–H and O–H groups in total. The van der Waals surface area contributed by atoms with Crippen LogP contribution in [0, 0.1) is 0 Å². The summed E-state index contributed by atoms with van der Waals surface area (Å²) in [4.78, 5) is 12.3. The van der Waals surface area contributed by atoms with Gasteiger partial charge in [0, 0.05) is 0 Å². The SMILES string of the molecule is CCC(C)c1ccc(OCc2ccc(C(=O)Nc3ccccc3C(F)(F)F)o2)cc1. The fourth-order valence-corrected chi connectivity index (χ4v) is 2.88. The van der Waals surface area contributed by atoms with Crippen LogP contribution < -0.4 is 10.1 Å². The standard InChI is InChI=1S/C23H22F3NO3/c1-3-15(2)16-8-10-17(11-9-16)29-14-18-12-13-21(30-18)22(28)27-20-7-5-4-6-19(20)23(24,25)26/h4-13,15H,3,14H2,1-2H3,(H,27,28). The number of halogens is 3. The smallest absolute Gasteiger partial charge is 0.418 e. The van der Waals surface area contributed by atoms with Gasteiger partial charge in [-0.25, -0.2) is 0 Å². The van der Waals surface area contributed by atoms with Crippen LogP contribution in [0.25, 0.3) is 0 Å². The summed E-state index contributed by atoms with van der Waals surface area (Å²) in [6, 6.07) is 15.5. The highest BCUT2D eigenvalue weighted by Crippen LogP contribution is 2.34. The third-order valence-corrected chi connectivity index (χ3v) is 4.81. The topological polar surface area (TPSA) is 51.5 Å². The highest BCUT2D eigenvalue weighted by Gasteiger charge is 2.33. The minimum atomic E-state index is -4.57. The van der Waals surface area contributed by atoms with Crippen LogP contribution in [0.3, 0.4) is 0 Å². The maximum absolute atomic E-state index is 13.1. The van der Waals surface area contributed by atoms with Gasteiger partial charge in [-0.1, -0.05) is 38.1 Å². The van der Waals surface area contributed by atoms with Gasteiger partial charge < -0.3 is 14.5 Å². The van der Waals surface area contributed by atoms with Crippen LogP contribution in [-0.2, 0) is 12.8 Å². The minimum Gasteiger partial charge on any atom is -0.486 e. The van der Waals surface area contributed by atoms with Crippen molar-refractivity contribution in [2.45, 2.75) is 39.0 Å². The first-order valence-corrected chi connectivity index (χ1v) is 9.57. The van der Waals surface area contributed by atoms with Crippen LogP contribution in [0.2, 0.25) is 0 Å². The number of carbonyl (C=O) groups is 1. The van der Waals surface area contributed by atoms with Gasteiger partial charge in [-0.05, 0) is 54.3 Å². The summed E-state index contributed by atoms with van der Waals surface area (Å²) in [6.45, 7) is 4.37. The molecular weight excluding hydrogens is 395 g/mol. The van der Waals surface area contributed by atoms with E-state index in [-0.39, 0.29) is 18.1 Å². The maximum atomic E-state index is 13.1. The van der Waals surface area contributed by atoms with Crippen molar-refractivity contribution in [1.29, 1.82) is 0 Å². The molecule has 0 radical (unpaired) electrons. The quantitative estimate of drug-likeness (QED) is 0.469. The fourth-order valence-electron chi connectivity index (χ4n) is 2.88. The summed E-state index contributed by atoms with van der Waals surface area (Å²) in [5, 5.41) is 2.25. The molecule has 0 aliphatic carbocycles. The molecule has 1 aromatic heterocycles. The van der Waals surface area contributed by atoms with Crippen molar-refractivity contribution >= 4 is 11.6 Å². The number of ether oxygens (including phenoxy) is 1. The highest BCUT2D eigenvalue weighted by molar-refractivity contribution is 6.02. The fraction of sp³-hybridized carbons (Fsp3) is 0.261. The average Bonchev–Trinajstić information content (AvgIpc) is 3.21. The van der Waals surface area contributed by atoms with Gasteiger partial charge in [-0.15, -0.1) is 0 Å². The molecule has 1 heterocycles. The first-order chi connectivity index (χ1) is 14.3. The molecule has 2 aromatic carbocycles. The summed E-state index contributed by atoms with van der Waals surface area (Å²) < 4.78 is 50.3. The van der Waals surface area contributed by atoms with E-state index < -0.39 is 17.6 Å². The molecule has 30 heavy (non-hydrogen) atoms. The lowest BCUT2D eigenvalue weighted by Gasteiger charge is -2.12. The molecule has 3 aromatic rings. The summed E-state index contributed by atoms with van der Waals surface area (Å²) >= 11 is 0. The zero-order valence-electron chi connectivity index (χ0n) is 16.6. The Balaban J connectivity index is 1.62. The number of benzene rings is 2. The number of furan rings is 1. The third-order valence-electron chi connectivity index (χ3n) is 4.81. The van der Waals surface area contributed by atoms with Crippen molar-refractivity contribution in [1.82, 2.24) is 0 Å². The normalized spacial score (nSPS) is 12.4. The van der Waals surface area contributed by atoms with Crippen LogP contribution in [0.1, 0.15) is 53.6 Å². The number of para-hydroxylation sites is 1. The van der Waals surface area contributed by atoms with Gasteiger partial charge in [0.1, 0.15) is 18.1 Å². The van der Waals surface area contributed by atoms with E-state index >= 15 is 0 Å². The molecule has 1 atom stereocenters. The predicted molar refractivity (Wildman–Crippen MR) is 108 cm³/mol. The van der Waals surface area contributed by atoms with Crippen molar-refractivity contribution in [3.8, 4) is 5.75 Å². The van der Waals surface area contributed by atoms with Crippen molar-refractivity contribution in [2.75, 3.05) is 5.32 Å². The molecule has 0 bridgehead atoms. The summed E-state index contributed by atoms with van der Waals surface area (Å²) in [6.07, 6.45) is -3.53. The van der Waals surface area contributed by atoms with Gasteiger partial charge >= 0.3 is 6.18 Å². The molecule has 3 rings (SSSR count). The van der Waals surface area contributed by atoms with Gasteiger partial charge in [0.25, 0.3) is 5.91 Å². The van der Waals surface area contributed by atoms with E-state index in [2.05, 4.69) is 19.2 Å². The van der Waals surface area contributed by atoms with Crippen LogP contribution in [-0.4, -0.2) is 5.91 Å². The zero-order chi connectivity index (χ0) is 21.7. The Morgan fingerprint density at radius 3 is 2.43 bits per heavy atom. The van der Waals surface area contributed by atoms with E-state index in [1.807, 2.05) is 24.3 Å². The second-order valence-corrected chi connectivity index (χ2v) is 6.93. The van der Waals surface area contributed by atoms with Crippen LogP contribution >= 0.6 is 0 Å². The molecule has 0 saturated heterocycles. The van der Waals surface area contributed by atoms with Crippen molar-refractivity contribution in [2.24, 2.45) is 0 Å². The molecule has 0 aliphatic heterocycles. The number of hydrogen-bond acceptors (Lipinski definition) is 3. The number of anilines is 1. The van der Waals surface area contributed by atoms with Crippen LogP contribution in [0.5, 0.6) is 5.75 Å². The van der Waals surface area contributed by atoms with E-state index in [1.54, 1.807) is 6.07 Å². The van der Waals surface area contributed by atoms with E-state index in [4.69, 9.17) is 9.15 Å². The molecule has 158 valence electrons. The molecule has 0 fully saturated rings. The number of carbonyl (C=O) groups excluding carboxylic acids is 1. The third kappa shape index (κ3) is 5.23. The first-order valence-electron chi connectivity index (χ1n) is 9.57. The number of nitrogens with one attached hydrogen (secondary N) is 1. The lowest BCUT2D eigenvalue weighted by atomic mass is 9.99. The Bertz CT molecular complexity index is 993. The highest BCUT2D eigenvalue weighted by atomic mass is 19.4. The number of alkyl halides is 3. The van der Waals surface area contributed by atoms with Gasteiger partial charge in [0.05, 0.1) is 11.3 Å². The van der Waals surface area contributed by atoms with Crippen LogP contribution in [0.4, 0.5) is 18.9 Å². The molecule has 0 aliphatic rings. The second-order valence-electron chi connectivity index (χ2n) is 6.93. The lowest BCUT2D eigenvalue weighted by molar-refractivity contribution is -0.136. The molecular formula is C23H22F3NO3. The first kappa shape index (κ1) is 21.5. The monoisotopic (exact) mass is 417 g/mol. The van der Waals surface area contributed by atoms with Gasteiger partial charge in [-0.2, -0.15) is 13.2 Å².